The lowest BCUT2D eigenvalue weighted by atomic mass is 10.1. The Morgan fingerprint density at radius 1 is 1.33 bits per heavy atom. The fraction of sp³-hybridized carbons (Fsp3) is 0.769. The van der Waals surface area contributed by atoms with Crippen molar-refractivity contribution in [2.75, 3.05) is 0 Å². The SMILES string of the molecule is CC.CC(C)(C)OC(=O)CC(=O)CC(O)CC#N. The van der Waals surface area contributed by atoms with Crippen LogP contribution in [-0.4, -0.2) is 28.6 Å². The molecule has 0 heterocycles. The van der Waals surface area contributed by atoms with Crippen LogP contribution in [0.1, 0.15) is 53.9 Å². The highest BCUT2D eigenvalue weighted by atomic mass is 16.6. The van der Waals surface area contributed by atoms with E-state index >= 15 is 0 Å². The van der Waals surface area contributed by atoms with Gasteiger partial charge in [-0.15, -0.1) is 0 Å². The second-order valence-electron chi connectivity index (χ2n) is 4.52. The summed E-state index contributed by atoms with van der Waals surface area (Å²) in [6, 6.07) is 1.75. The number of hydrogen-bond donors (Lipinski definition) is 1. The molecule has 0 amide bonds. The number of ketones is 1. The molecule has 0 aliphatic carbocycles. The highest BCUT2D eigenvalue weighted by Gasteiger charge is 2.20. The zero-order valence-corrected chi connectivity index (χ0v) is 11.8. The van der Waals surface area contributed by atoms with E-state index in [0.717, 1.165) is 0 Å². The monoisotopic (exact) mass is 257 g/mol. The van der Waals surface area contributed by atoms with E-state index in [9.17, 15) is 9.59 Å². The molecule has 1 atom stereocenters. The number of rotatable bonds is 5. The van der Waals surface area contributed by atoms with Crippen molar-refractivity contribution in [3.8, 4) is 6.07 Å². The highest BCUT2D eigenvalue weighted by Crippen LogP contribution is 2.09. The molecule has 0 fully saturated rings. The van der Waals surface area contributed by atoms with Crippen LogP contribution >= 0.6 is 0 Å². The molecule has 104 valence electrons. The number of nitrogens with zero attached hydrogens (tertiary/aromatic N) is 1. The molecule has 0 saturated carbocycles. The maximum Gasteiger partial charge on any atom is 0.313 e. The Hall–Kier alpha value is -1.41. The molecule has 0 spiro atoms. The average Bonchev–Trinajstić information content (AvgIpc) is 2.17. The first kappa shape index (κ1) is 18.9. The summed E-state index contributed by atoms with van der Waals surface area (Å²) in [5, 5.41) is 17.4. The van der Waals surface area contributed by atoms with Gasteiger partial charge in [0.05, 0.1) is 18.6 Å². The second-order valence-corrected chi connectivity index (χ2v) is 4.52. The van der Waals surface area contributed by atoms with Gasteiger partial charge in [0.1, 0.15) is 17.8 Å². The first-order valence-corrected chi connectivity index (χ1v) is 6.03. The average molecular weight is 257 g/mol. The Kier molecular flexibility index (Phi) is 10.1. The van der Waals surface area contributed by atoms with Gasteiger partial charge in [0.15, 0.2) is 0 Å². The van der Waals surface area contributed by atoms with Crippen molar-refractivity contribution < 1.29 is 19.4 Å². The van der Waals surface area contributed by atoms with E-state index in [2.05, 4.69) is 0 Å². The molecule has 0 aromatic carbocycles. The topological polar surface area (TPSA) is 87.4 Å². The van der Waals surface area contributed by atoms with E-state index in [-0.39, 0.29) is 19.3 Å². The molecule has 0 aliphatic rings. The van der Waals surface area contributed by atoms with Gasteiger partial charge >= 0.3 is 5.97 Å². The molecule has 0 aliphatic heterocycles. The molecule has 0 rings (SSSR count). The number of aliphatic hydroxyl groups excluding tert-OH is 1. The number of hydrogen-bond acceptors (Lipinski definition) is 5. The lowest BCUT2D eigenvalue weighted by molar-refractivity contribution is -0.156. The largest absolute Gasteiger partial charge is 0.460 e. The third kappa shape index (κ3) is 12.7. The van der Waals surface area contributed by atoms with Crippen LogP contribution in [0.3, 0.4) is 0 Å². The van der Waals surface area contributed by atoms with Gasteiger partial charge in [-0.2, -0.15) is 5.26 Å². The highest BCUT2D eigenvalue weighted by molar-refractivity contribution is 5.95. The fourth-order valence-corrected chi connectivity index (χ4v) is 1.05. The normalized spacial score (nSPS) is 11.6. The Labute approximate surface area is 109 Å². The Balaban J connectivity index is 0. The van der Waals surface area contributed by atoms with Gasteiger partial charge in [0.2, 0.25) is 0 Å². The smallest absolute Gasteiger partial charge is 0.313 e. The van der Waals surface area contributed by atoms with Crippen LogP contribution in [0.5, 0.6) is 0 Å². The molecule has 0 saturated heterocycles. The van der Waals surface area contributed by atoms with Crippen molar-refractivity contribution in [1.82, 2.24) is 0 Å². The second kappa shape index (κ2) is 9.60. The van der Waals surface area contributed by atoms with Crippen LogP contribution in [-0.2, 0) is 14.3 Å². The van der Waals surface area contributed by atoms with Crippen molar-refractivity contribution in [3.63, 3.8) is 0 Å². The van der Waals surface area contributed by atoms with Gasteiger partial charge in [-0.3, -0.25) is 9.59 Å². The van der Waals surface area contributed by atoms with Crippen LogP contribution < -0.4 is 0 Å². The van der Waals surface area contributed by atoms with E-state index in [1.807, 2.05) is 13.8 Å². The molecule has 5 nitrogen and oxygen atoms in total. The first-order chi connectivity index (χ1) is 8.24. The summed E-state index contributed by atoms with van der Waals surface area (Å²) >= 11 is 0. The van der Waals surface area contributed by atoms with Crippen molar-refractivity contribution in [2.24, 2.45) is 0 Å². The summed E-state index contributed by atoms with van der Waals surface area (Å²) in [4.78, 5) is 22.5. The number of Topliss-reactive ketones (excluding diaryl/α,β-unsaturated/α-hetero) is 1. The Morgan fingerprint density at radius 2 is 1.83 bits per heavy atom. The molecule has 0 aromatic rings. The lowest BCUT2D eigenvalue weighted by Crippen LogP contribution is -2.26. The minimum Gasteiger partial charge on any atom is -0.460 e. The van der Waals surface area contributed by atoms with Gasteiger partial charge in [-0.25, -0.2) is 0 Å². The number of ether oxygens (including phenoxy) is 1. The maximum atomic E-state index is 11.3. The Bertz CT molecular complexity index is 299. The molecule has 0 bridgehead atoms. The predicted octanol–water partition coefficient (Wildman–Crippen LogP) is 1.98. The minimum atomic E-state index is -1.00. The lowest BCUT2D eigenvalue weighted by Gasteiger charge is -2.19. The third-order valence-corrected chi connectivity index (χ3v) is 1.55. The van der Waals surface area contributed by atoms with Crippen molar-refractivity contribution >= 4 is 11.8 Å². The van der Waals surface area contributed by atoms with Gasteiger partial charge in [0, 0.05) is 6.42 Å². The maximum absolute atomic E-state index is 11.3. The van der Waals surface area contributed by atoms with Crippen LogP contribution in [0.2, 0.25) is 0 Å². The van der Waals surface area contributed by atoms with Gasteiger partial charge in [-0.1, -0.05) is 13.8 Å². The third-order valence-electron chi connectivity index (χ3n) is 1.55. The van der Waals surface area contributed by atoms with Crippen LogP contribution in [0, 0.1) is 11.3 Å². The van der Waals surface area contributed by atoms with Crippen molar-refractivity contribution in [2.45, 2.75) is 65.6 Å². The van der Waals surface area contributed by atoms with Crippen molar-refractivity contribution in [1.29, 1.82) is 5.26 Å². The van der Waals surface area contributed by atoms with E-state index in [1.54, 1.807) is 26.8 Å². The van der Waals surface area contributed by atoms with Crippen LogP contribution in [0.15, 0.2) is 0 Å². The minimum absolute atomic E-state index is 0.111. The van der Waals surface area contributed by atoms with E-state index < -0.39 is 23.5 Å². The van der Waals surface area contributed by atoms with Gasteiger partial charge in [-0.05, 0) is 20.8 Å². The molecule has 5 heteroatoms. The molecule has 0 aromatic heterocycles. The predicted molar refractivity (Wildman–Crippen MR) is 67.7 cm³/mol. The molecular formula is C13H23NO4. The molecule has 1 unspecified atom stereocenters. The molecular weight excluding hydrogens is 234 g/mol. The quantitative estimate of drug-likeness (QED) is 0.601. The van der Waals surface area contributed by atoms with E-state index in [0.29, 0.717) is 0 Å². The molecule has 0 radical (unpaired) electrons. The summed E-state index contributed by atoms with van der Waals surface area (Å²) in [7, 11) is 0. The number of aliphatic hydroxyl groups is 1. The summed E-state index contributed by atoms with van der Waals surface area (Å²) < 4.78 is 4.94. The number of esters is 1. The number of nitriles is 1. The van der Waals surface area contributed by atoms with Gasteiger partial charge in [0.25, 0.3) is 0 Å². The summed E-state index contributed by atoms with van der Waals surface area (Å²) in [5.41, 5.74) is -0.622. The fourth-order valence-electron chi connectivity index (χ4n) is 1.05. The van der Waals surface area contributed by atoms with E-state index in [1.165, 1.54) is 0 Å². The standard InChI is InChI=1S/C11H17NO4.C2H6/c1-11(2,3)16-10(15)7-9(14)6-8(13)4-5-12;1-2/h8,13H,4,6-7H2,1-3H3;1-2H3. The van der Waals surface area contributed by atoms with Gasteiger partial charge < -0.3 is 9.84 Å². The first-order valence-electron chi connectivity index (χ1n) is 6.03. The zero-order chi connectivity index (χ0) is 14.8. The number of carbonyl (C=O) groups excluding carboxylic acids is 2. The number of carbonyl (C=O) groups is 2. The van der Waals surface area contributed by atoms with Crippen LogP contribution in [0.25, 0.3) is 0 Å². The molecule has 18 heavy (non-hydrogen) atoms. The van der Waals surface area contributed by atoms with Crippen LogP contribution in [0.4, 0.5) is 0 Å². The van der Waals surface area contributed by atoms with E-state index in [4.69, 9.17) is 15.1 Å². The van der Waals surface area contributed by atoms with Crippen molar-refractivity contribution in [3.05, 3.63) is 0 Å². The summed E-state index contributed by atoms with van der Waals surface area (Å²) in [6.07, 6.45) is -1.66. The zero-order valence-electron chi connectivity index (χ0n) is 11.8. The summed E-state index contributed by atoms with van der Waals surface area (Å²) in [5.74, 6) is -1.03. The Morgan fingerprint density at radius 3 is 2.22 bits per heavy atom. The molecule has 1 N–H and O–H groups in total. The summed E-state index contributed by atoms with van der Waals surface area (Å²) in [6.45, 7) is 9.12.